The molecule has 2 nitrogen and oxygen atoms in total. The second-order valence-electron chi connectivity index (χ2n) is 3.99. The first-order valence-corrected chi connectivity index (χ1v) is 7.67. The molecule has 0 saturated carbocycles. The summed E-state index contributed by atoms with van der Waals surface area (Å²) in [4.78, 5) is 12.4. The fourth-order valence-corrected chi connectivity index (χ4v) is 2.97. The Labute approximate surface area is 128 Å². The average Bonchev–Trinajstić information content (AvgIpc) is 2.42. The van der Waals surface area contributed by atoms with Gasteiger partial charge in [0.1, 0.15) is 5.82 Å². The van der Waals surface area contributed by atoms with Crippen molar-refractivity contribution in [2.24, 2.45) is 0 Å². The summed E-state index contributed by atoms with van der Waals surface area (Å²) in [7, 11) is -1.56. The van der Waals surface area contributed by atoms with Gasteiger partial charge in [-0.15, -0.1) is 0 Å². The van der Waals surface area contributed by atoms with E-state index >= 15 is 0 Å². The zero-order valence-electron chi connectivity index (χ0n) is 10.1. The van der Waals surface area contributed by atoms with Crippen LogP contribution < -0.4 is 0 Å². The van der Waals surface area contributed by atoms with Crippen molar-refractivity contribution >= 4 is 39.8 Å². The summed E-state index contributed by atoms with van der Waals surface area (Å²) < 4.78 is 24.8. The van der Waals surface area contributed by atoms with E-state index in [0.717, 1.165) is 0 Å². The number of hydrogen-bond acceptors (Lipinski definition) is 2. The van der Waals surface area contributed by atoms with E-state index in [9.17, 15) is 13.4 Å². The molecule has 1 atom stereocenters. The molecular weight excluding hydrogens is 322 g/mol. The number of halogens is 3. The number of Topliss-reactive ketones (excluding diaryl/α,β-unsaturated/α-hetero) is 1. The third-order valence-electron chi connectivity index (χ3n) is 2.57. The maximum Gasteiger partial charge on any atom is 0.177 e. The van der Waals surface area contributed by atoms with Crippen molar-refractivity contribution in [3.05, 3.63) is 63.9 Å². The minimum absolute atomic E-state index is 0.230. The third kappa shape index (κ3) is 3.66. The highest BCUT2D eigenvalue weighted by Gasteiger charge is 2.15. The summed E-state index contributed by atoms with van der Waals surface area (Å²) in [6.07, 6.45) is 0. The Morgan fingerprint density at radius 1 is 1.10 bits per heavy atom. The molecule has 0 aliphatic carbocycles. The molecule has 0 radical (unpaired) electrons. The maximum atomic E-state index is 12.8. The molecule has 6 heteroatoms. The lowest BCUT2D eigenvalue weighted by Gasteiger charge is -2.05. The van der Waals surface area contributed by atoms with Crippen molar-refractivity contribution in [3.8, 4) is 0 Å². The van der Waals surface area contributed by atoms with E-state index in [1.807, 2.05) is 0 Å². The van der Waals surface area contributed by atoms with Crippen LogP contribution in [0.15, 0.2) is 47.4 Å². The van der Waals surface area contributed by atoms with Gasteiger partial charge in [0.25, 0.3) is 0 Å². The van der Waals surface area contributed by atoms with Crippen LogP contribution in [0.1, 0.15) is 10.4 Å². The Bertz CT molecular complexity index is 671. The first kappa shape index (κ1) is 15.2. The van der Waals surface area contributed by atoms with Crippen molar-refractivity contribution in [2.45, 2.75) is 4.90 Å². The van der Waals surface area contributed by atoms with Crippen LogP contribution >= 0.6 is 23.2 Å². The minimum atomic E-state index is -1.56. The fourth-order valence-electron chi connectivity index (χ4n) is 1.58. The van der Waals surface area contributed by atoms with Gasteiger partial charge in [0.15, 0.2) is 5.78 Å². The van der Waals surface area contributed by atoms with Gasteiger partial charge in [-0.05, 0) is 42.5 Å². The van der Waals surface area contributed by atoms with Crippen LogP contribution in [0, 0.1) is 5.82 Å². The largest absolute Gasteiger partial charge is 0.293 e. The smallest absolute Gasteiger partial charge is 0.177 e. The van der Waals surface area contributed by atoms with E-state index in [0.29, 0.717) is 9.92 Å². The third-order valence-corrected chi connectivity index (χ3v) is 4.45. The first-order valence-electron chi connectivity index (χ1n) is 5.59. The summed E-state index contributed by atoms with van der Waals surface area (Å²) in [5, 5.41) is 0.640. The molecule has 20 heavy (non-hydrogen) atoms. The molecule has 0 aliphatic rings. The zero-order valence-corrected chi connectivity index (χ0v) is 12.4. The SMILES string of the molecule is O=C(CS(=O)c1ccc(F)cc1)c1cc(Cl)ccc1Cl. The number of carbonyl (C=O) groups is 1. The molecule has 0 aromatic heterocycles. The van der Waals surface area contributed by atoms with Gasteiger partial charge in [-0.3, -0.25) is 9.00 Å². The highest BCUT2D eigenvalue weighted by Crippen LogP contribution is 2.22. The second-order valence-corrected chi connectivity index (χ2v) is 6.29. The predicted molar refractivity (Wildman–Crippen MR) is 78.5 cm³/mol. The molecule has 0 saturated heterocycles. The molecular formula is C14H9Cl2FO2S. The predicted octanol–water partition coefficient (Wildman–Crippen LogP) is 4.12. The Morgan fingerprint density at radius 2 is 1.75 bits per heavy atom. The molecule has 0 amide bonds. The molecule has 1 unspecified atom stereocenters. The van der Waals surface area contributed by atoms with E-state index in [-0.39, 0.29) is 22.1 Å². The summed E-state index contributed by atoms with van der Waals surface area (Å²) in [6, 6.07) is 9.69. The molecule has 0 spiro atoms. The van der Waals surface area contributed by atoms with Crippen LogP contribution in [-0.2, 0) is 10.8 Å². The van der Waals surface area contributed by atoms with Gasteiger partial charge >= 0.3 is 0 Å². The van der Waals surface area contributed by atoms with Gasteiger partial charge in [-0.25, -0.2) is 4.39 Å². The summed E-state index contributed by atoms with van der Waals surface area (Å²) in [5.74, 6) is -1.03. The van der Waals surface area contributed by atoms with Crippen LogP contribution in [-0.4, -0.2) is 15.7 Å². The number of benzene rings is 2. The van der Waals surface area contributed by atoms with E-state index < -0.39 is 16.6 Å². The van der Waals surface area contributed by atoms with Gasteiger partial charge in [0.05, 0.1) is 21.6 Å². The van der Waals surface area contributed by atoms with E-state index in [1.165, 1.54) is 36.4 Å². The molecule has 0 heterocycles. The number of carbonyl (C=O) groups excluding carboxylic acids is 1. The maximum absolute atomic E-state index is 12.8. The monoisotopic (exact) mass is 330 g/mol. The average molecular weight is 331 g/mol. The molecule has 0 aliphatic heterocycles. The molecule has 2 rings (SSSR count). The Morgan fingerprint density at radius 3 is 2.40 bits per heavy atom. The summed E-state index contributed by atoms with van der Waals surface area (Å²) >= 11 is 11.7. The van der Waals surface area contributed by atoms with Crippen LogP contribution in [0.4, 0.5) is 4.39 Å². The van der Waals surface area contributed by atoms with E-state index in [4.69, 9.17) is 23.2 Å². The van der Waals surface area contributed by atoms with Gasteiger partial charge in [-0.2, -0.15) is 0 Å². The lowest BCUT2D eigenvalue weighted by atomic mass is 10.1. The fraction of sp³-hybridized carbons (Fsp3) is 0.0714. The van der Waals surface area contributed by atoms with Gasteiger partial charge in [0, 0.05) is 15.5 Å². The molecule has 2 aromatic carbocycles. The first-order chi connectivity index (χ1) is 9.47. The number of hydrogen-bond donors (Lipinski definition) is 0. The van der Waals surface area contributed by atoms with Crippen molar-refractivity contribution < 1.29 is 13.4 Å². The molecule has 0 bridgehead atoms. The highest BCUT2D eigenvalue weighted by molar-refractivity contribution is 7.85. The van der Waals surface area contributed by atoms with Crippen molar-refractivity contribution in [3.63, 3.8) is 0 Å². The Kier molecular flexibility index (Phi) is 4.91. The van der Waals surface area contributed by atoms with E-state index in [1.54, 1.807) is 6.07 Å². The lowest BCUT2D eigenvalue weighted by molar-refractivity contribution is 0.102. The molecule has 2 aromatic rings. The van der Waals surface area contributed by atoms with Crippen molar-refractivity contribution in [2.75, 3.05) is 5.75 Å². The molecule has 0 N–H and O–H groups in total. The Hall–Kier alpha value is -1.23. The van der Waals surface area contributed by atoms with Crippen LogP contribution in [0.3, 0.4) is 0 Å². The standard InChI is InChI=1S/C14H9Cl2FO2S/c15-9-1-6-13(16)12(7-9)14(18)8-20(19)11-4-2-10(17)3-5-11/h1-7H,8H2. The molecule has 104 valence electrons. The van der Waals surface area contributed by atoms with Crippen molar-refractivity contribution in [1.29, 1.82) is 0 Å². The number of ketones is 1. The van der Waals surface area contributed by atoms with E-state index in [2.05, 4.69) is 0 Å². The second kappa shape index (κ2) is 6.48. The topological polar surface area (TPSA) is 34.1 Å². The quantitative estimate of drug-likeness (QED) is 0.790. The van der Waals surface area contributed by atoms with Crippen molar-refractivity contribution in [1.82, 2.24) is 0 Å². The number of rotatable bonds is 4. The van der Waals surface area contributed by atoms with Crippen LogP contribution in [0.5, 0.6) is 0 Å². The van der Waals surface area contributed by atoms with Gasteiger partial charge < -0.3 is 0 Å². The Balaban J connectivity index is 2.17. The van der Waals surface area contributed by atoms with Crippen LogP contribution in [0.2, 0.25) is 10.0 Å². The lowest BCUT2D eigenvalue weighted by Crippen LogP contribution is -2.11. The zero-order chi connectivity index (χ0) is 14.7. The van der Waals surface area contributed by atoms with Crippen LogP contribution in [0.25, 0.3) is 0 Å². The minimum Gasteiger partial charge on any atom is -0.293 e. The highest BCUT2D eigenvalue weighted by atomic mass is 35.5. The van der Waals surface area contributed by atoms with Gasteiger partial charge in [-0.1, -0.05) is 23.2 Å². The van der Waals surface area contributed by atoms with Gasteiger partial charge in [0.2, 0.25) is 0 Å². The molecule has 0 fully saturated rings. The normalized spacial score (nSPS) is 12.2. The summed E-state index contributed by atoms with van der Waals surface area (Å²) in [6.45, 7) is 0. The summed E-state index contributed by atoms with van der Waals surface area (Å²) in [5.41, 5.74) is 0.231.